The van der Waals surface area contributed by atoms with Crippen LogP contribution in [0.1, 0.15) is 5.56 Å². The Morgan fingerprint density at radius 2 is 2.09 bits per heavy atom. The fourth-order valence-electron chi connectivity index (χ4n) is 1.55. The molecule has 0 fully saturated rings. The third kappa shape index (κ3) is 3.35. The molecule has 1 amide bonds. The summed E-state index contributed by atoms with van der Waals surface area (Å²) in [6.07, 6.45) is 0. The molecule has 0 aliphatic carbocycles. The van der Waals surface area contributed by atoms with E-state index in [1.807, 2.05) is 6.07 Å². The lowest BCUT2D eigenvalue weighted by Gasteiger charge is -2.00. The van der Waals surface area contributed by atoms with Crippen molar-refractivity contribution in [1.29, 1.82) is 5.26 Å². The number of nitriles is 1. The van der Waals surface area contributed by atoms with E-state index < -0.39 is 29.7 Å². The minimum atomic E-state index is -1.16. The number of aromatic nitrogens is 2. The number of rotatable bonds is 5. The molecule has 0 atom stereocenters. The van der Waals surface area contributed by atoms with Crippen LogP contribution in [0.5, 0.6) is 0 Å². The van der Waals surface area contributed by atoms with Gasteiger partial charge in [0.25, 0.3) is 5.56 Å². The van der Waals surface area contributed by atoms with Gasteiger partial charge in [0.05, 0.1) is 15.5 Å². The maximum absolute atomic E-state index is 11.7. The van der Waals surface area contributed by atoms with Gasteiger partial charge in [-0.05, 0) is 0 Å². The molecule has 0 radical (unpaired) electrons. The Bertz CT molecular complexity index is 904. The number of carboxylic acids is 1. The third-order valence-corrected chi connectivity index (χ3v) is 4.89. The van der Waals surface area contributed by atoms with Crippen molar-refractivity contribution in [2.75, 3.05) is 12.3 Å². The monoisotopic (exact) mass is 340 g/mol. The summed E-state index contributed by atoms with van der Waals surface area (Å²) in [5.41, 5.74) is -1.08. The second-order valence-corrected chi connectivity index (χ2v) is 6.21. The second-order valence-electron chi connectivity index (χ2n) is 3.95. The molecule has 0 unspecified atom stereocenters. The molecular weight excluding hydrogens is 332 g/mol. The van der Waals surface area contributed by atoms with E-state index in [1.165, 1.54) is 0 Å². The number of carbonyl (C=O) groups is 2. The van der Waals surface area contributed by atoms with Crippen molar-refractivity contribution in [3.8, 4) is 6.07 Å². The smallest absolute Gasteiger partial charge is 0.326 e. The molecule has 9 nitrogen and oxygen atoms in total. The highest BCUT2D eigenvalue weighted by atomic mass is 32.2. The quantitative estimate of drug-likeness (QED) is 0.532. The number of aromatic amines is 2. The summed E-state index contributed by atoms with van der Waals surface area (Å²) in [4.78, 5) is 49.2. The average molecular weight is 340 g/mol. The van der Waals surface area contributed by atoms with E-state index in [9.17, 15) is 19.2 Å². The lowest BCUT2D eigenvalue weighted by atomic mass is 10.3. The molecule has 114 valence electrons. The molecule has 0 bridgehead atoms. The van der Waals surface area contributed by atoms with Gasteiger partial charge in [0, 0.05) is 0 Å². The van der Waals surface area contributed by atoms with Gasteiger partial charge in [-0.25, -0.2) is 4.79 Å². The molecule has 2 heterocycles. The van der Waals surface area contributed by atoms with E-state index in [1.54, 1.807) is 0 Å². The molecule has 0 aliphatic rings. The van der Waals surface area contributed by atoms with Gasteiger partial charge in [-0.2, -0.15) is 5.26 Å². The zero-order valence-electron chi connectivity index (χ0n) is 10.8. The molecule has 0 aromatic carbocycles. The molecule has 11 heteroatoms. The number of H-pyrrole nitrogens is 2. The highest BCUT2D eigenvalue weighted by Crippen LogP contribution is 2.34. The number of thiophene rings is 1. The normalized spacial score (nSPS) is 10.3. The Balaban J connectivity index is 2.25. The predicted octanol–water partition coefficient (Wildman–Crippen LogP) is -0.558. The first-order chi connectivity index (χ1) is 10.4. The highest BCUT2D eigenvalue weighted by molar-refractivity contribution is 8.02. The van der Waals surface area contributed by atoms with Crippen molar-refractivity contribution < 1.29 is 14.7 Å². The van der Waals surface area contributed by atoms with E-state index in [2.05, 4.69) is 15.3 Å². The minimum absolute atomic E-state index is 0.110. The van der Waals surface area contributed by atoms with Crippen LogP contribution in [0.25, 0.3) is 10.2 Å². The van der Waals surface area contributed by atoms with Gasteiger partial charge in [0.2, 0.25) is 5.91 Å². The van der Waals surface area contributed by atoms with E-state index in [0.29, 0.717) is 4.21 Å². The molecule has 2 aromatic heterocycles. The zero-order chi connectivity index (χ0) is 16.3. The Labute approximate surface area is 130 Å². The van der Waals surface area contributed by atoms with Crippen LogP contribution in [0.15, 0.2) is 13.8 Å². The summed E-state index contributed by atoms with van der Waals surface area (Å²) in [6, 6.07) is 1.89. The molecule has 0 aliphatic heterocycles. The number of carbonyl (C=O) groups excluding carboxylic acids is 1. The Hall–Kier alpha value is -2.58. The molecule has 0 spiro atoms. The van der Waals surface area contributed by atoms with Crippen molar-refractivity contribution in [2.45, 2.75) is 4.21 Å². The zero-order valence-corrected chi connectivity index (χ0v) is 12.4. The van der Waals surface area contributed by atoms with Gasteiger partial charge in [-0.15, -0.1) is 23.1 Å². The van der Waals surface area contributed by atoms with Crippen LogP contribution in [-0.2, 0) is 9.59 Å². The highest BCUT2D eigenvalue weighted by Gasteiger charge is 2.17. The lowest BCUT2D eigenvalue weighted by Crippen LogP contribution is -2.30. The van der Waals surface area contributed by atoms with Crippen LogP contribution in [0.4, 0.5) is 0 Å². The molecule has 4 N–H and O–H groups in total. The number of carboxylic acid groups (broad SMARTS) is 1. The minimum Gasteiger partial charge on any atom is -0.480 e. The Morgan fingerprint density at radius 3 is 2.73 bits per heavy atom. The number of amides is 1. The molecule has 2 aromatic rings. The first kappa shape index (κ1) is 15.8. The summed E-state index contributed by atoms with van der Waals surface area (Å²) in [6.45, 7) is -0.496. The van der Waals surface area contributed by atoms with Gasteiger partial charge >= 0.3 is 11.7 Å². The summed E-state index contributed by atoms with van der Waals surface area (Å²) in [5.74, 6) is -1.80. The number of thioether (sulfide) groups is 1. The summed E-state index contributed by atoms with van der Waals surface area (Å²) < 4.78 is 0.583. The van der Waals surface area contributed by atoms with Crippen LogP contribution in [0, 0.1) is 11.3 Å². The van der Waals surface area contributed by atoms with Gasteiger partial charge in [-0.1, -0.05) is 0 Å². The summed E-state index contributed by atoms with van der Waals surface area (Å²) >= 11 is 1.97. The fourth-order valence-corrected chi connectivity index (χ4v) is 3.71. The average Bonchev–Trinajstić information content (AvgIpc) is 2.80. The first-order valence-electron chi connectivity index (χ1n) is 5.73. The summed E-state index contributed by atoms with van der Waals surface area (Å²) in [5, 5.41) is 19.8. The number of aliphatic carboxylic acids is 1. The van der Waals surface area contributed by atoms with E-state index in [-0.39, 0.29) is 21.5 Å². The molecular formula is C11H8N4O5S2. The number of hydrogen-bond acceptors (Lipinski definition) is 7. The van der Waals surface area contributed by atoms with Gasteiger partial charge in [-0.3, -0.25) is 19.4 Å². The molecule has 0 saturated heterocycles. The van der Waals surface area contributed by atoms with Crippen LogP contribution < -0.4 is 16.6 Å². The van der Waals surface area contributed by atoms with Crippen molar-refractivity contribution >= 4 is 45.2 Å². The molecule has 0 saturated carbocycles. The van der Waals surface area contributed by atoms with Crippen LogP contribution in [0.2, 0.25) is 0 Å². The van der Waals surface area contributed by atoms with Gasteiger partial charge < -0.3 is 15.4 Å². The maximum Gasteiger partial charge on any atom is 0.326 e. The fraction of sp³-hybridized carbons (Fsp3) is 0.182. The van der Waals surface area contributed by atoms with E-state index >= 15 is 0 Å². The van der Waals surface area contributed by atoms with Gasteiger partial charge in [0.1, 0.15) is 22.9 Å². The molecule has 22 heavy (non-hydrogen) atoms. The molecule has 2 rings (SSSR count). The number of hydrogen-bond donors (Lipinski definition) is 4. The van der Waals surface area contributed by atoms with Gasteiger partial charge in [0.15, 0.2) is 0 Å². The topological polar surface area (TPSA) is 156 Å². The lowest BCUT2D eigenvalue weighted by molar-refractivity contribution is -0.137. The predicted molar refractivity (Wildman–Crippen MR) is 79.2 cm³/mol. The van der Waals surface area contributed by atoms with Crippen molar-refractivity contribution in [1.82, 2.24) is 15.3 Å². The maximum atomic E-state index is 11.7. The first-order valence-corrected chi connectivity index (χ1v) is 7.53. The number of nitrogens with zero attached hydrogens (tertiary/aromatic N) is 1. The summed E-state index contributed by atoms with van der Waals surface area (Å²) in [7, 11) is 0. The van der Waals surface area contributed by atoms with Crippen LogP contribution in [0.3, 0.4) is 0 Å². The largest absolute Gasteiger partial charge is 0.480 e. The van der Waals surface area contributed by atoms with Crippen LogP contribution in [-0.4, -0.2) is 39.2 Å². The third-order valence-electron chi connectivity index (χ3n) is 2.43. The Morgan fingerprint density at radius 1 is 1.36 bits per heavy atom. The standard InChI is InChI=1S/C11H8N4O5S2/c12-1-4-7-8(9(19)15-11(20)14-7)22-10(4)21-3-5(16)13-2-6(17)18/h2-3H2,(H,13,16)(H,17,18)(H2,14,15,19,20). The van der Waals surface area contributed by atoms with E-state index in [4.69, 9.17) is 10.4 Å². The van der Waals surface area contributed by atoms with Crippen molar-refractivity contribution in [3.05, 3.63) is 26.4 Å². The Kier molecular flexibility index (Phi) is 4.64. The number of nitrogens with one attached hydrogen (secondary N) is 3. The SMILES string of the molecule is N#Cc1c(SCC(=O)NCC(=O)O)sc2c(=O)[nH]c(=O)[nH]c12. The second kappa shape index (κ2) is 6.46. The van der Waals surface area contributed by atoms with Crippen molar-refractivity contribution in [2.24, 2.45) is 0 Å². The van der Waals surface area contributed by atoms with Crippen LogP contribution >= 0.6 is 23.1 Å². The number of fused-ring (bicyclic) bond motifs is 1. The van der Waals surface area contributed by atoms with E-state index in [0.717, 1.165) is 23.1 Å². The van der Waals surface area contributed by atoms with Crippen molar-refractivity contribution in [3.63, 3.8) is 0 Å².